The van der Waals surface area contributed by atoms with E-state index >= 15 is 0 Å². The molecule has 1 atom stereocenters. The monoisotopic (exact) mass is 271 g/mol. The number of nitrogens with one attached hydrogen (secondary N) is 1. The van der Waals surface area contributed by atoms with E-state index in [1.165, 1.54) is 19.2 Å². The Labute approximate surface area is 110 Å². The molecule has 0 aromatic heterocycles. The molecule has 18 heavy (non-hydrogen) atoms. The molecule has 2 N–H and O–H groups in total. The molecule has 0 radical (unpaired) electrons. The SMILES string of the molecule is CC[C@H](NC(=O)c1ccc(Cl)cc1OC)C(=O)O. The highest BCUT2D eigenvalue weighted by Gasteiger charge is 2.20. The second kappa shape index (κ2) is 6.26. The molecular formula is C12H14ClNO4. The lowest BCUT2D eigenvalue weighted by Crippen LogP contribution is -2.40. The van der Waals surface area contributed by atoms with Gasteiger partial charge in [-0.15, -0.1) is 0 Å². The Bertz CT molecular complexity index is 461. The van der Waals surface area contributed by atoms with E-state index in [4.69, 9.17) is 21.4 Å². The van der Waals surface area contributed by atoms with Gasteiger partial charge >= 0.3 is 5.97 Å². The third-order valence-corrected chi connectivity index (χ3v) is 2.65. The molecule has 0 heterocycles. The van der Waals surface area contributed by atoms with Crippen LogP contribution >= 0.6 is 11.6 Å². The predicted octanol–water partition coefficient (Wildman–Crippen LogP) is 1.94. The van der Waals surface area contributed by atoms with Crippen LogP contribution in [-0.4, -0.2) is 30.1 Å². The molecule has 0 aliphatic rings. The van der Waals surface area contributed by atoms with Gasteiger partial charge in [-0.3, -0.25) is 4.79 Å². The van der Waals surface area contributed by atoms with Crippen molar-refractivity contribution in [1.82, 2.24) is 5.32 Å². The van der Waals surface area contributed by atoms with Crippen LogP contribution in [-0.2, 0) is 4.79 Å². The molecule has 0 aliphatic carbocycles. The zero-order valence-electron chi connectivity index (χ0n) is 10.1. The van der Waals surface area contributed by atoms with Gasteiger partial charge in [-0.25, -0.2) is 4.79 Å². The Morgan fingerprint density at radius 3 is 2.67 bits per heavy atom. The summed E-state index contributed by atoms with van der Waals surface area (Å²) in [5, 5.41) is 11.7. The van der Waals surface area contributed by atoms with E-state index in [9.17, 15) is 9.59 Å². The smallest absolute Gasteiger partial charge is 0.326 e. The van der Waals surface area contributed by atoms with E-state index in [1.54, 1.807) is 13.0 Å². The van der Waals surface area contributed by atoms with Crippen molar-refractivity contribution in [2.75, 3.05) is 7.11 Å². The summed E-state index contributed by atoms with van der Waals surface area (Å²) in [4.78, 5) is 22.8. The lowest BCUT2D eigenvalue weighted by Gasteiger charge is -2.14. The van der Waals surface area contributed by atoms with Crippen LogP contribution in [0.1, 0.15) is 23.7 Å². The molecular weight excluding hydrogens is 258 g/mol. The van der Waals surface area contributed by atoms with E-state index in [2.05, 4.69) is 5.32 Å². The number of ether oxygens (including phenoxy) is 1. The molecule has 98 valence electrons. The van der Waals surface area contributed by atoms with Crippen molar-refractivity contribution in [2.45, 2.75) is 19.4 Å². The highest BCUT2D eigenvalue weighted by molar-refractivity contribution is 6.30. The van der Waals surface area contributed by atoms with Crippen LogP contribution in [0.15, 0.2) is 18.2 Å². The zero-order valence-corrected chi connectivity index (χ0v) is 10.8. The second-order valence-corrected chi connectivity index (χ2v) is 4.05. The number of carboxylic acid groups (broad SMARTS) is 1. The van der Waals surface area contributed by atoms with Crippen LogP contribution in [0.2, 0.25) is 5.02 Å². The van der Waals surface area contributed by atoms with Crippen LogP contribution in [0.4, 0.5) is 0 Å². The highest BCUT2D eigenvalue weighted by Crippen LogP contribution is 2.23. The van der Waals surface area contributed by atoms with Gasteiger partial charge in [0.15, 0.2) is 0 Å². The van der Waals surface area contributed by atoms with Crippen LogP contribution < -0.4 is 10.1 Å². The van der Waals surface area contributed by atoms with Gasteiger partial charge in [0.2, 0.25) is 0 Å². The number of hydrogen-bond donors (Lipinski definition) is 2. The minimum absolute atomic E-state index is 0.251. The summed E-state index contributed by atoms with van der Waals surface area (Å²) >= 11 is 5.78. The normalized spacial score (nSPS) is 11.7. The molecule has 0 unspecified atom stereocenters. The number of rotatable bonds is 5. The standard InChI is InChI=1S/C12H14ClNO4/c1-3-9(12(16)17)14-11(15)8-5-4-7(13)6-10(8)18-2/h4-6,9H,3H2,1-2H3,(H,14,15)(H,16,17)/t9-/m0/s1. The highest BCUT2D eigenvalue weighted by atomic mass is 35.5. The number of aliphatic carboxylic acids is 1. The Morgan fingerprint density at radius 2 is 2.17 bits per heavy atom. The number of benzene rings is 1. The number of hydrogen-bond acceptors (Lipinski definition) is 3. The van der Waals surface area contributed by atoms with Crippen LogP contribution in [0, 0.1) is 0 Å². The number of carboxylic acids is 1. The number of amides is 1. The summed E-state index contributed by atoms with van der Waals surface area (Å²) in [6, 6.07) is 3.61. The summed E-state index contributed by atoms with van der Waals surface area (Å²) in [6.07, 6.45) is 0.303. The first kappa shape index (κ1) is 14.3. The van der Waals surface area contributed by atoms with Crippen molar-refractivity contribution >= 4 is 23.5 Å². The van der Waals surface area contributed by atoms with Gasteiger partial charge in [0.25, 0.3) is 5.91 Å². The summed E-state index contributed by atoms with van der Waals surface area (Å²) in [7, 11) is 1.41. The maximum Gasteiger partial charge on any atom is 0.326 e. The molecule has 0 saturated heterocycles. The number of methoxy groups -OCH3 is 1. The average molecular weight is 272 g/mol. The summed E-state index contributed by atoms with van der Waals surface area (Å²) < 4.78 is 5.03. The Morgan fingerprint density at radius 1 is 1.50 bits per heavy atom. The van der Waals surface area contributed by atoms with E-state index in [-0.39, 0.29) is 5.56 Å². The molecule has 0 fully saturated rings. The first-order chi connectivity index (χ1) is 8.49. The molecule has 5 nitrogen and oxygen atoms in total. The van der Waals surface area contributed by atoms with Crippen molar-refractivity contribution < 1.29 is 19.4 Å². The van der Waals surface area contributed by atoms with Crippen LogP contribution in [0.3, 0.4) is 0 Å². The minimum Gasteiger partial charge on any atom is -0.496 e. The van der Waals surface area contributed by atoms with Crippen LogP contribution in [0.25, 0.3) is 0 Å². The Kier molecular flexibility index (Phi) is 4.97. The lowest BCUT2D eigenvalue weighted by atomic mass is 10.1. The summed E-state index contributed by atoms with van der Waals surface area (Å²) in [5.41, 5.74) is 0.251. The van der Waals surface area contributed by atoms with Crippen molar-refractivity contribution in [3.63, 3.8) is 0 Å². The van der Waals surface area contributed by atoms with E-state index in [0.717, 1.165) is 0 Å². The lowest BCUT2D eigenvalue weighted by molar-refractivity contribution is -0.139. The van der Waals surface area contributed by atoms with E-state index < -0.39 is 17.9 Å². The number of carbonyl (C=O) groups is 2. The van der Waals surface area contributed by atoms with Gasteiger partial charge < -0.3 is 15.2 Å². The third kappa shape index (κ3) is 3.37. The van der Waals surface area contributed by atoms with Crippen molar-refractivity contribution in [1.29, 1.82) is 0 Å². The van der Waals surface area contributed by atoms with Gasteiger partial charge in [-0.2, -0.15) is 0 Å². The Balaban J connectivity index is 2.93. The van der Waals surface area contributed by atoms with E-state index in [0.29, 0.717) is 17.2 Å². The minimum atomic E-state index is -1.07. The second-order valence-electron chi connectivity index (χ2n) is 3.62. The quantitative estimate of drug-likeness (QED) is 0.858. The number of carbonyl (C=O) groups excluding carboxylic acids is 1. The maximum atomic E-state index is 11.9. The first-order valence-electron chi connectivity index (χ1n) is 5.36. The molecule has 1 aromatic carbocycles. The van der Waals surface area contributed by atoms with Gasteiger partial charge in [0.05, 0.1) is 12.7 Å². The van der Waals surface area contributed by atoms with Crippen molar-refractivity contribution in [2.24, 2.45) is 0 Å². The summed E-state index contributed by atoms with van der Waals surface area (Å²) in [5.74, 6) is -1.27. The summed E-state index contributed by atoms with van der Waals surface area (Å²) in [6.45, 7) is 1.68. The van der Waals surface area contributed by atoms with Crippen LogP contribution in [0.5, 0.6) is 5.75 Å². The maximum absolute atomic E-state index is 11.9. The van der Waals surface area contributed by atoms with Gasteiger partial charge in [-0.05, 0) is 24.6 Å². The fourth-order valence-electron chi connectivity index (χ4n) is 1.43. The molecule has 1 aromatic rings. The van der Waals surface area contributed by atoms with E-state index in [1.807, 2.05) is 0 Å². The third-order valence-electron chi connectivity index (χ3n) is 2.42. The molecule has 6 heteroatoms. The van der Waals surface area contributed by atoms with Gasteiger partial charge in [0, 0.05) is 5.02 Å². The molecule has 0 spiro atoms. The fourth-order valence-corrected chi connectivity index (χ4v) is 1.59. The largest absolute Gasteiger partial charge is 0.496 e. The van der Waals surface area contributed by atoms with Crippen molar-refractivity contribution in [3.05, 3.63) is 28.8 Å². The molecule has 0 aliphatic heterocycles. The average Bonchev–Trinajstić information content (AvgIpc) is 2.34. The molecule has 0 bridgehead atoms. The molecule has 0 saturated carbocycles. The van der Waals surface area contributed by atoms with Gasteiger partial charge in [-0.1, -0.05) is 18.5 Å². The first-order valence-corrected chi connectivity index (χ1v) is 5.74. The predicted molar refractivity (Wildman–Crippen MR) is 67.2 cm³/mol. The fraction of sp³-hybridized carbons (Fsp3) is 0.333. The Hall–Kier alpha value is -1.75. The zero-order chi connectivity index (χ0) is 13.7. The topological polar surface area (TPSA) is 75.6 Å². The number of halogens is 1. The molecule has 1 amide bonds. The van der Waals surface area contributed by atoms with Gasteiger partial charge in [0.1, 0.15) is 11.8 Å². The van der Waals surface area contributed by atoms with Crippen molar-refractivity contribution in [3.8, 4) is 5.75 Å². The molecule has 1 rings (SSSR count).